The zero-order chi connectivity index (χ0) is 25.4. The van der Waals surface area contributed by atoms with Crippen LogP contribution in [0.5, 0.6) is 5.88 Å². The van der Waals surface area contributed by atoms with Crippen LogP contribution in [0.25, 0.3) is 22.2 Å². The van der Waals surface area contributed by atoms with Crippen LogP contribution in [-0.2, 0) is 4.74 Å². The van der Waals surface area contributed by atoms with E-state index in [9.17, 15) is 5.11 Å². The fourth-order valence-corrected chi connectivity index (χ4v) is 4.06. The van der Waals surface area contributed by atoms with Crippen LogP contribution in [0.4, 0.5) is 10.1 Å². The molecule has 174 valence electrons. The number of aliphatic hydroxyl groups excluding tert-OH is 1. The standard InChI is InChI=1S/C24H21ClFN5O3/c1-33-22-5-4-20(29-30-22)24(32)16-11-17(19(26)12-18(16)25)23-15-3-2-14(10-21(15)27-13-28-23)31-6-8-34-9-7-31/h2-5,10-13,24,32H,6-9H2,1H3/i2D,3D. The van der Waals surface area contributed by atoms with Gasteiger partial charge in [0.15, 0.2) is 0 Å². The van der Waals surface area contributed by atoms with Crippen LogP contribution in [0.1, 0.15) is 20.1 Å². The Hall–Kier alpha value is -3.40. The number of aromatic nitrogens is 4. The molecular formula is C24H21ClFN5O3. The van der Waals surface area contributed by atoms with Gasteiger partial charge in [-0.25, -0.2) is 14.4 Å². The van der Waals surface area contributed by atoms with Gasteiger partial charge in [-0.1, -0.05) is 11.6 Å². The Morgan fingerprint density at radius 2 is 2.00 bits per heavy atom. The summed E-state index contributed by atoms with van der Waals surface area (Å²) < 4.78 is 42.9. The van der Waals surface area contributed by atoms with E-state index in [2.05, 4.69) is 20.2 Å². The van der Waals surface area contributed by atoms with E-state index < -0.39 is 11.9 Å². The minimum atomic E-state index is -1.31. The third-order valence-corrected chi connectivity index (χ3v) is 5.93. The van der Waals surface area contributed by atoms with Gasteiger partial charge in [-0.3, -0.25) is 0 Å². The van der Waals surface area contributed by atoms with Crippen molar-refractivity contribution in [2.75, 3.05) is 38.3 Å². The highest BCUT2D eigenvalue weighted by atomic mass is 35.5. The van der Waals surface area contributed by atoms with Crippen molar-refractivity contribution in [3.63, 3.8) is 0 Å². The molecule has 0 spiro atoms. The van der Waals surface area contributed by atoms with Crippen LogP contribution >= 0.6 is 11.6 Å². The van der Waals surface area contributed by atoms with Crippen LogP contribution in [0.15, 0.2) is 48.7 Å². The lowest BCUT2D eigenvalue weighted by atomic mass is 9.99. The average Bonchev–Trinajstić information content (AvgIpc) is 2.90. The van der Waals surface area contributed by atoms with Crippen molar-refractivity contribution in [3.05, 3.63) is 70.8 Å². The van der Waals surface area contributed by atoms with E-state index >= 15 is 4.39 Å². The molecule has 1 atom stereocenters. The Balaban J connectivity index is 1.63. The average molecular weight is 484 g/mol. The molecule has 1 unspecified atom stereocenters. The van der Waals surface area contributed by atoms with Gasteiger partial charge in [0, 0.05) is 46.4 Å². The van der Waals surface area contributed by atoms with Gasteiger partial charge in [0.25, 0.3) is 0 Å². The Morgan fingerprint density at radius 1 is 1.18 bits per heavy atom. The molecule has 8 nitrogen and oxygen atoms in total. The number of methoxy groups -OCH3 is 1. The van der Waals surface area contributed by atoms with E-state index in [-0.39, 0.29) is 50.9 Å². The Labute approximate surface area is 202 Å². The molecule has 34 heavy (non-hydrogen) atoms. The van der Waals surface area contributed by atoms with Crippen LogP contribution in [0.3, 0.4) is 0 Å². The van der Waals surface area contributed by atoms with E-state index in [1.807, 2.05) is 4.90 Å². The normalized spacial score (nSPS) is 15.7. The van der Waals surface area contributed by atoms with E-state index in [4.69, 9.17) is 23.8 Å². The molecule has 1 aliphatic heterocycles. The fraction of sp³-hybridized carbons (Fsp3) is 0.250. The first-order valence-corrected chi connectivity index (χ1v) is 10.9. The van der Waals surface area contributed by atoms with Crippen molar-refractivity contribution in [1.82, 2.24) is 20.2 Å². The molecule has 2 aromatic carbocycles. The van der Waals surface area contributed by atoms with Gasteiger partial charge >= 0.3 is 0 Å². The first-order valence-electron chi connectivity index (χ1n) is 11.5. The molecular weight excluding hydrogens is 461 g/mol. The maximum atomic E-state index is 15.2. The van der Waals surface area contributed by atoms with E-state index in [0.717, 1.165) is 6.07 Å². The summed E-state index contributed by atoms with van der Waals surface area (Å²) in [5, 5.41) is 18.9. The third-order valence-electron chi connectivity index (χ3n) is 5.60. The predicted molar refractivity (Wildman–Crippen MR) is 126 cm³/mol. The number of benzene rings is 2. The molecule has 0 amide bonds. The number of hydrogen-bond donors (Lipinski definition) is 1. The monoisotopic (exact) mass is 483 g/mol. The number of halogens is 2. The number of rotatable bonds is 5. The summed E-state index contributed by atoms with van der Waals surface area (Å²) in [7, 11) is 1.45. The highest BCUT2D eigenvalue weighted by Crippen LogP contribution is 2.36. The summed E-state index contributed by atoms with van der Waals surface area (Å²) in [6.45, 7) is 2.24. The van der Waals surface area contributed by atoms with E-state index in [0.29, 0.717) is 37.5 Å². The Bertz CT molecular complexity index is 1440. The van der Waals surface area contributed by atoms with Crippen LogP contribution in [0.2, 0.25) is 5.02 Å². The molecule has 1 fully saturated rings. The van der Waals surface area contributed by atoms with Crippen LogP contribution < -0.4 is 9.64 Å². The van der Waals surface area contributed by atoms with Gasteiger partial charge in [0.1, 0.15) is 18.2 Å². The third kappa shape index (κ3) is 4.25. The second-order valence-electron chi connectivity index (χ2n) is 7.62. The van der Waals surface area contributed by atoms with Gasteiger partial charge in [0.2, 0.25) is 5.88 Å². The number of aliphatic hydroxyl groups is 1. The first-order chi connectivity index (χ1) is 17.4. The molecule has 1 N–H and O–H groups in total. The van der Waals surface area contributed by atoms with E-state index in [1.165, 1.54) is 31.6 Å². The van der Waals surface area contributed by atoms with Crippen molar-refractivity contribution >= 4 is 28.2 Å². The van der Waals surface area contributed by atoms with Gasteiger partial charge in [-0.15, -0.1) is 10.2 Å². The maximum absolute atomic E-state index is 15.2. The molecule has 0 bridgehead atoms. The van der Waals surface area contributed by atoms with E-state index in [1.54, 1.807) is 6.07 Å². The number of ether oxygens (including phenoxy) is 2. The zero-order valence-electron chi connectivity index (χ0n) is 20.1. The molecule has 5 rings (SSSR count). The molecule has 1 aliphatic rings. The van der Waals surface area contributed by atoms with Crippen LogP contribution in [0, 0.1) is 5.82 Å². The summed E-state index contributed by atoms with van der Waals surface area (Å²) in [5.74, 6) is -0.421. The summed E-state index contributed by atoms with van der Waals surface area (Å²) in [5.41, 5.74) is 1.46. The van der Waals surface area contributed by atoms with Crippen molar-refractivity contribution in [1.29, 1.82) is 0 Å². The number of fused-ring (bicyclic) bond motifs is 1. The van der Waals surface area contributed by atoms with Crippen molar-refractivity contribution in [2.45, 2.75) is 6.10 Å². The number of anilines is 1. The summed E-state index contributed by atoms with van der Waals surface area (Å²) in [6.07, 6.45) is -0.0263. The predicted octanol–water partition coefficient (Wildman–Crippen LogP) is 3.81. The SMILES string of the molecule is [2H]c1c(N2CCOCC2)cc2ncnc(-c3cc(C(O)c4ccc(OC)nn4)c(Cl)cc3F)c2c1[2H]. The maximum Gasteiger partial charge on any atom is 0.233 e. The molecule has 2 aromatic heterocycles. The zero-order valence-corrected chi connectivity index (χ0v) is 18.9. The lowest BCUT2D eigenvalue weighted by Crippen LogP contribution is -2.36. The second kappa shape index (κ2) is 9.46. The summed E-state index contributed by atoms with van der Waals surface area (Å²) >= 11 is 6.29. The number of morpholine rings is 1. The summed E-state index contributed by atoms with van der Waals surface area (Å²) in [6, 6.07) is 7.09. The van der Waals surface area contributed by atoms with Crippen molar-refractivity contribution in [3.8, 4) is 17.1 Å². The Morgan fingerprint density at radius 3 is 2.74 bits per heavy atom. The minimum Gasteiger partial charge on any atom is -0.480 e. The molecule has 0 aliphatic carbocycles. The second-order valence-corrected chi connectivity index (χ2v) is 8.03. The number of nitrogens with zero attached hydrogens (tertiary/aromatic N) is 5. The molecule has 0 saturated carbocycles. The fourth-order valence-electron chi connectivity index (χ4n) is 3.80. The Kier molecular flexibility index (Phi) is 5.57. The smallest absolute Gasteiger partial charge is 0.233 e. The molecule has 10 heteroatoms. The minimum absolute atomic E-state index is 0.00865. The lowest BCUT2D eigenvalue weighted by molar-refractivity contribution is 0.122. The van der Waals surface area contributed by atoms with Crippen molar-refractivity contribution < 1.29 is 21.7 Å². The first kappa shape index (κ1) is 20.0. The number of hydrogen-bond acceptors (Lipinski definition) is 8. The topological polar surface area (TPSA) is 93.5 Å². The highest BCUT2D eigenvalue weighted by Gasteiger charge is 2.22. The van der Waals surface area contributed by atoms with Gasteiger partial charge in [-0.2, -0.15) is 0 Å². The van der Waals surface area contributed by atoms with Gasteiger partial charge < -0.3 is 19.5 Å². The van der Waals surface area contributed by atoms with Gasteiger partial charge in [-0.05, 0) is 36.4 Å². The molecule has 0 radical (unpaired) electrons. The van der Waals surface area contributed by atoms with Gasteiger partial charge in [0.05, 0.1) is 40.0 Å². The largest absolute Gasteiger partial charge is 0.480 e. The summed E-state index contributed by atoms with van der Waals surface area (Å²) in [4.78, 5) is 10.5. The molecule has 4 aromatic rings. The quantitative estimate of drug-likeness (QED) is 0.458. The lowest BCUT2D eigenvalue weighted by Gasteiger charge is -2.29. The van der Waals surface area contributed by atoms with Crippen LogP contribution in [-0.4, -0.2) is 58.7 Å². The molecule has 3 heterocycles. The van der Waals surface area contributed by atoms with Crippen molar-refractivity contribution in [2.24, 2.45) is 0 Å². The molecule has 1 saturated heterocycles. The highest BCUT2D eigenvalue weighted by molar-refractivity contribution is 6.31.